The van der Waals surface area contributed by atoms with Gasteiger partial charge in [-0.05, 0) is 41.1 Å². The Balaban J connectivity index is 2.26. The van der Waals surface area contributed by atoms with E-state index < -0.39 is 0 Å². The smallest absolute Gasteiger partial charge is 0.224 e. The van der Waals surface area contributed by atoms with Gasteiger partial charge < -0.3 is 10.6 Å². The van der Waals surface area contributed by atoms with Crippen LogP contribution in [0.3, 0.4) is 0 Å². The lowest BCUT2D eigenvalue weighted by molar-refractivity contribution is 0.621. The summed E-state index contributed by atoms with van der Waals surface area (Å²) in [5.74, 6) is 0.620. The molecule has 0 spiro atoms. The Hall–Kier alpha value is -1.40. The van der Waals surface area contributed by atoms with Crippen LogP contribution in [0.25, 0.3) is 0 Å². The highest BCUT2D eigenvalue weighted by atomic mass is 79.9. The minimum atomic E-state index is -0.326. The molecule has 100 valence electrons. The highest BCUT2D eigenvalue weighted by Crippen LogP contribution is 2.26. The maximum absolute atomic E-state index is 13.1. The molecule has 0 amide bonds. The number of halogens is 3. The van der Waals surface area contributed by atoms with Gasteiger partial charge in [0.25, 0.3) is 0 Å². The Labute approximate surface area is 123 Å². The first kappa shape index (κ1) is 14.0. The first-order valence-corrected chi connectivity index (χ1v) is 6.75. The summed E-state index contributed by atoms with van der Waals surface area (Å²) in [5.41, 5.74) is 0.677. The van der Waals surface area contributed by atoms with Gasteiger partial charge in [0.2, 0.25) is 5.95 Å². The molecule has 0 aliphatic carbocycles. The number of nitrogens with one attached hydrogen (secondary N) is 2. The standard InChI is InChI=1S/C12H11BrClFN4/c1-2-16-12-17-6-9(14)11(19-12)18-7-3-4-10(15)8(13)5-7/h3-6H,2H2,1H3,(H2,16,17,18,19). The number of nitrogens with zero attached hydrogens (tertiary/aromatic N) is 2. The van der Waals surface area contributed by atoms with E-state index in [2.05, 4.69) is 36.5 Å². The third-order valence-corrected chi connectivity index (χ3v) is 3.15. The van der Waals surface area contributed by atoms with Crippen molar-refractivity contribution in [3.8, 4) is 0 Å². The topological polar surface area (TPSA) is 49.8 Å². The van der Waals surface area contributed by atoms with Crippen LogP contribution in [0.4, 0.5) is 21.8 Å². The van der Waals surface area contributed by atoms with Gasteiger partial charge in [-0.2, -0.15) is 4.98 Å². The Kier molecular flexibility index (Phi) is 4.55. The Morgan fingerprint density at radius 2 is 2.21 bits per heavy atom. The molecule has 2 aromatic rings. The van der Waals surface area contributed by atoms with Crippen LogP contribution in [0.1, 0.15) is 6.92 Å². The molecule has 0 aliphatic heterocycles. The van der Waals surface area contributed by atoms with Gasteiger partial charge in [0.05, 0.1) is 10.7 Å². The van der Waals surface area contributed by atoms with Gasteiger partial charge in [-0.15, -0.1) is 0 Å². The molecule has 1 aromatic heterocycles. The molecule has 2 rings (SSSR count). The number of aromatic nitrogens is 2. The molecule has 0 saturated carbocycles. The van der Waals surface area contributed by atoms with E-state index in [9.17, 15) is 4.39 Å². The second-order valence-corrected chi connectivity index (χ2v) is 4.94. The second-order valence-electron chi connectivity index (χ2n) is 3.67. The van der Waals surface area contributed by atoms with Gasteiger partial charge in [-0.1, -0.05) is 11.6 Å². The molecule has 2 N–H and O–H groups in total. The van der Waals surface area contributed by atoms with Crippen molar-refractivity contribution in [2.75, 3.05) is 17.2 Å². The Bertz CT molecular complexity index is 594. The predicted octanol–water partition coefficient (Wildman–Crippen LogP) is 4.21. The van der Waals surface area contributed by atoms with Crippen LogP contribution in [-0.2, 0) is 0 Å². The van der Waals surface area contributed by atoms with E-state index in [-0.39, 0.29) is 5.82 Å². The van der Waals surface area contributed by atoms with Crippen molar-refractivity contribution in [1.82, 2.24) is 9.97 Å². The SMILES string of the molecule is CCNc1ncc(Cl)c(Nc2ccc(F)c(Br)c2)n1. The van der Waals surface area contributed by atoms with Gasteiger partial charge >= 0.3 is 0 Å². The number of hydrogen-bond donors (Lipinski definition) is 2. The summed E-state index contributed by atoms with van der Waals surface area (Å²) in [6.45, 7) is 2.66. The van der Waals surface area contributed by atoms with Crippen molar-refractivity contribution in [2.24, 2.45) is 0 Å². The maximum atomic E-state index is 13.1. The fraction of sp³-hybridized carbons (Fsp3) is 0.167. The molecule has 0 atom stereocenters. The van der Waals surface area contributed by atoms with Gasteiger partial charge in [0, 0.05) is 12.2 Å². The van der Waals surface area contributed by atoms with Crippen LogP contribution < -0.4 is 10.6 Å². The summed E-state index contributed by atoms with van der Waals surface area (Å²) in [7, 11) is 0. The lowest BCUT2D eigenvalue weighted by Gasteiger charge is -2.09. The summed E-state index contributed by atoms with van der Waals surface area (Å²) in [6.07, 6.45) is 1.51. The highest BCUT2D eigenvalue weighted by molar-refractivity contribution is 9.10. The zero-order valence-corrected chi connectivity index (χ0v) is 12.4. The molecular formula is C12H11BrClFN4. The molecule has 19 heavy (non-hydrogen) atoms. The van der Waals surface area contributed by atoms with E-state index in [0.29, 0.717) is 33.5 Å². The molecule has 0 radical (unpaired) electrons. The van der Waals surface area contributed by atoms with Gasteiger partial charge in [-0.25, -0.2) is 9.37 Å². The third-order valence-electron chi connectivity index (χ3n) is 2.26. The molecule has 1 heterocycles. The molecule has 0 bridgehead atoms. The van der Waals surface area contributed by atoms with Gasteiger partial charge in [0.15, 0.2) is 5.82 Å². The molecule has 0 unspecified atom stereocenters. The molecule has 4 nitrogen and oxygen atoms in total. The fourth-order valence-electron chi connectivity index (χ4n) is 1.41. The summed E-state index contributed by atoms with van der Waals surface area (Å²) in [4.78, 5) is 8.27. The van der Waals surface area contributed by atoms with Crippen LogP contribution >= 0.6 is 27.5 Å². The molecular weight excluding hydrogens is 335 g/mol. The third kappa shape index (κ3) is 3.54. The van der Waals surface area contributed by atoms with E-state index >= 15 is 0 Å². The molecule has 0 fully saturated rings. The maximum Gasteiger partial charge on any atom is 0.224 e. The quantitative estimate of drug-likeness (QED) is 0.871. The van der Waals surface area contributed by atoms with Crippen molar-refractivity contribution in [2.45, 2.75) is 6.92 Å². The van der Waals surface area contributed by atoms with Gasteiger partial charge in [0.1, 0.15) is 10.8 Å². The zero-order valence-electron chi connectivity index (χ0n) is 10.0. The Morgan fingerprint density at radius 1 is 1.42 bits per heavy atom. The average Bonchev–Trinajstić information content (AvgIpc) is 2.38. The normalized spacial score (nSPS) is 10.3. The van der Waals surface area contributed by atoms with Crippen molar-refractivity contribution in [3.05, 3.63) is 39.7 Å². The van der Waals surface area contributed by atoms with Crippen LogP contribution in [0.2, 0.25) is 5.02 Å². The minimum Gasteiger partial charge on any atom is -0.354 e. The first-order valence-electron chi connectivity index (χ1n) is 5.58. The van der Waals surface area contributed by atoms with E-state index in [1.54, 1.807) is 12.1 Å². The summed E-state index contributed by atoms with van der Waals surface area (Å²) >= 11 is 9.14. The predicted molar refractivity (Wildman–Crippen MR) is 78.6 cm³/mol. The first-order chi connectivity index (χ1) is 9.10. The summed E-state index contributed by atoms with van der Waals surface area (Å²) in [5, 5.41) is 6.40. The second kappa shape index (κ2) is 6.16. The number of hydrogen-bond acceptors (Lipinski definition) is 4. The minimum absolute atomic E-state index is 0.326. The van der Waals surface area contributed by atoms with Crippen molar-refractivity contribution >= 4 is 45.0 Å². The van der Waals surface area contributed by atoms with Crippen LogP contribution in [0, 0.1) is 5.82 Å². The monoisotopic (exact) mass is 344 g/mol. The van der Waals surface area contributed by atoms with E-state index in [4.69, 9.17) is 11.6 Å². The number of benzene rings is 1. The summed E-state index contributed by atoms with van der Waals surface area (Å²) in [6, 6.07) is 4.57. The highest BCUT2D eigenvalue weighted by Gasteiger charge is 2.07. The van der Waals surface area contributed by atoms with E-state index in [0.717, 1.165) is 0 Å². The summed E-state index contributed by atoms with van der Waals surface area (Å²) < 4.78 is 13.5. The fourth-order valence-corrected chi connectivity index (χ4v) is 1.93. The molecule has 1 aromatic carbocycles. The Morgan fingerprint density at radius 3 is 2.89 bits per heavy atom. The lowest BCUT2D eigenvalue weighted by Crippen LogP contribution is -2.04. The van der Waals surface area contributed by atoms with Crippen molar-refractivity contribution in [1.29, 1.82) is 0 Å². The van der Waals surface area contributed by atoms with Gasteiger partial charge in [-0.3, -0.25) is 0 Å². The number of anilines is 3. The van der Waals surface area contributed by atoms with E-state index in [1.165, 1.54) is 12.3 Å². The van der Waals surface area contributed by atoms with Crippen LogP contribution in [-0.4, -0.2) is 16.5 Å². The number of rotatable bonds is 4. The largest absolute Gasteiger partial charge is 0.354 e. The molecule has 0 saturated heterocycles. The molecule has 0 aliphatic rings. The van der Waals surface area contributed by atoms with Crippen molar-refractivity contribution in [3.63, 3.8) is 0 Å². The zero-order chi connectivity index (χ0) is 13.8. The average molecular weight is 346 g/mol. The lowest BCUT2D eigenvalue weighted by atomic mass is 10.3. The molecule has 7 heteroatoms. The van der Waals surface area contributed by atoms with Crippen molar-refractivity contribution < 1.29 is 4.39 Å². The van der Waals surface area contributed by atoms with Crippen LogP contribution in [0.5, 0.6) is 0 Å². The van der Waals surface area contributed by atoms with E-state index in [1.807, 2.05) is 6.92 Å². The van der Waals surface area contributed by atoms with Crippen LogP contribution in [0.15, 0.2) is 28.9 Å².